The summed E-state index contributed by atoms with van der Waals surface area (Å²) < 4.78 is 6.10. The van der Waals surface area contributed by atoms with Gasteiger partial charge < -0.3 is 10.5 Å². The van der Waals surface area contributed by atoms with Crippen molar-refractivity contribution in [3.8, 4) is 5.75 Å². The van der Waals surface area contributed by atoms with Gasteiger partial charge in [-0.15, -0.1) is 11.3 Å². The molecule has 0 aliphatic carbocycles. The molecular formula is C17H22N2OS. The van der Waals surface area contributed by atoms with Crippen molar-refractivity contribution in [1.82, 2.24) is 4.98 Å². The SMILES string of the molecule is CCc1nc(C2(N)CC(C)(C)Oc3ccccc32)sc1C. The highest BCUT2D eigenvalue weighted by Crippen LogP contribution is 2.46. The minimum atomic E-state index is -0.568. The number of nitrogens with zero attached hydrogens (tertiary/aromatic N) is 1. The number of fused-ring (bicyclic) bond motifs is 1. The van der Waals surface area contributed by atoms with Crippen molar-refractivity contribution < 1.29 is 4.74 Å². The summed E-state index contributed by atoms with van der Waals surface area (Å²) >= 11 is 1.72. The van der Waals surface area contributed by atoms with Crippen LogP contribution in [0.1, 0.15) is 48.3 Å². The summed E-state index contributed by atoms with van der Waals surface area (Å²) in [5.74, 6) is 0.877. The van der Waals surface area contributed by atoms with Crippen molar-refractivity contribution in [2.24, 2.45) is 5.73 Å². The van der Waals surface area contributed by atoms with Gasteiger partial charge in [-0.3, -0.25) is 0 Å². The van der Waals surface area contributed by atoms with Gasteiger partial charge in [0, 0.05) is 16.9 Å². The average Bonchev–Trinajstić information content (AvgIpc) is 2.79. The third-order valence-corrected chi connectivity index (χ3v) is 5.26. The molecule has 3 nitrogen and oxygen atoms in total. The van der Waals surface area contributed by atoms with E-state index in [0.717, 1.165) is 34.9 Å². The lowest BCUT2D eigenvalue weighted by Gasteiger charge is -2.42. The van der Waals surface area contributed by atoms with E-state index < -0.39 is 5.54 Å². The fourth-order valence-corrected chi connectivity index (χ4v) is 4.28. The van der Waals surface area contributed by atoms with Crippen molar-refractivity contribution in [2.75, 3.05) is 0 Å². The van der Waals surface area contributed by atoms with Gasteiger partial charge in [0.05, 0.1) is 5.69 Å². The Morgan fingerprint density at radius 2 is 2.05 bits per heavy atom. The Morgan fingerprint density at radius 1 is 1.33 bits per heavy atom. The zero-order valence-electron chi connectivity index (χ0n) is 13.1. The van der Waals surface area contributed by atoms with Crippen LogP contribution in [-0.4, -0.2) is 10.6 Å². The predicted octanol–water partition coefficient (Wildman–Crippen LogP) is 3.78. The van der Waals surface area contributed by atoms with Gasteiger partial charge in [0.2, 0.25) is 0 Å². The van der Waals surface area contributed by atoms with Gasteiger partial charge in [0.15, 0.2) is 0 Å². The minimum absolute atomic E-state index is 0.297. The molecular weight excluding hydrogens is 280 g/mol. The normalized spacial score (nSPS) is 23.5. The lowest BCUT2D eigenvalue weighted by atomic mass is 9.79. The molecule has 1 aliphatic heterocycles. The molecule has 1 aromatic heterocycles. The number of hydrogen-bond acceptors (Lipinski definition) is 4. The Kier molecular flexibility index (Phi) is 3.34. The molecule has 112 valence electrons. The highest BCUT2D eigenvalue weighted by atomic mass is 32.1. The van der Waals surface area contributed by atoms with E-state index >= 15 is 0 Å². The molecule has 0 saturated carbocycles. The molecule has 0 radical (unpaired) electrons. The summed E-state index contributed by atoms with van der Waals surface area (Å²) in [5.41, 5.74) is 8.20. The van der Waals surface area contributed by atoms with E-state index in [1.807, 2.05) is 18.2 Å². The fourth-order valence-electron chi connectivity index (χ4n) is 3.16. The number of aryl methyl sites for hydroxylation is 2. The number of benzene rings is 1. The first-order chi connectivity index (χ1) is 9.86. The quantitative estimate of drug-likeness (QED) is 0.918. The maximum atomic E-state index is 6.87. The van der Waals surface area contributed by atoms with E-state index in [1.165, 1.54) is 4.88 Å². The molecule has 4 heteroatoms. The summed E-state index contributed by atoms with van der Waals surface area (Å²) in [6.07, 6.45) is 1.67. The molecule has 3 rings (SSSR count). The Bertz CT molecular complexity index is 677. The molecule has 0 spiro atoms. The number of nitrogens with two attached hydrogens (primary N) is 1. The van der Waals surface area contributed by atoms with Crippen LogP contribution in [0.5, 0.6) is 5.75 Å². The van der Waals surface area contributed by atoms with Crippen molar-refractivity contribution in [3.05, 3.63) is 45.4 Å². The maximum Gasteiger partial charge on any atom is 0.125 e. The van der Waals surface area contributed by atoms with E-state index in [9.17, 15) is 0 Å². The Labute approximate surface area is 130 Å². The number of hydrogen-bond donors (Lipinski definition) is 1. The first-order valence-electron chi connectivity index (χ1n) is 7.40. The van der Waals surface area contributed by atoms with Crippen LogP contribution in [0.15, 0.2) is 24.3 Å². The molecule has 1 aliphatic rings. The highest BCUT2D eigenvalue weighted by molar-refractivity contribution is 7.11. The van der Waals surface area contributed by atoms with E-state index in [2.05, 4.69) is 33.8 Å². The monoisotopic (exact) mass is 302 g/mol. The average molecular weight is 302 g/mol. The van der Waals surface area contributed by atoms with Crippen LogP contribution in [0, 0.1) is 6.92 Å². The van der Waals surface area contributed by atoms with Crippen LogP contribution in [-0.2, 0) is 12.0 Å². The minimum Gasteiger partial charge on any atom is -0.487 e. The van der Waals surface area contributed by atoms with E-state index in [1.54, 1.807) is 11.3 Å². The van der Waals surface area contributed by atoms with Crippen molar-refractivity contribution in [2.45, 2.75) is 51.7 Å². The van der Waals surface area contributed by atoms with Gasteiger partial charge in [-0.05, 0) is 33.3 Å². The topological polar surface area (TPSA) is 48.1 Å². The van der Waals surface area contributed by atoms with Crippen LogP contribution in [0.3, 0.4) is 0 Å². The molecule has 0 bridgehead atoms. The number of aromatic nitrogens is 1. The summed E-state index contributed by atoms with van der Waals surface area (Å²) in [4.78, 5) is 6.09. The third-order valence-electron chi connectivity index (χ3n) is 4.07. The second kappa shape index (κ2) is 4.82. The van der Waals surface area contributed by atoms with Crippen LogP contribution in [0.4, 0.5) is 0 Å². The molecule has 1 unspecified atom stereocenters. The maximum absolute atomic E-state index is 6.87. The zero-order valence-corrected chi connectivity index (χ0v) is 13.9. The number of ether oxygens (including phenoxy) is 1. The van der Waals surface area contributed by atoms with Gasteiger partial charge in [0.25, 0.3) is 0 Å². The van der Waals surface area contributed by atoms with Gasteiger partial charge in [-0.25, -0.2) is 4.98 Å². The Morgan fingerprint density at radius 3 is 2.71 bits per heavy atom. The van der Waals surface area contributed by atoms with Crippen molar-refractivity contribution in [3.63, 3.8) is 0 Å². The van der Waals surface area contributed by atoms with Gasteiger partial charge in [0.1, 0.15) is 21.9 Å². The van der Waals surface area contributed by atoms with Gasteiger partial charge in [-0.1, -0.05) is 25.1 Å². The van der Waals surface area contributed by atoms with Crippen molar-refractivity contribution >= 4 is 11.3 Å². The largest absolute Gasteiger partial charge is 0.487 e. The first-order valence-corrected chi connectivity index (χ1v) is 8.21. The summed E-state index contributed by atoms with van der Waals surface area (Å²) in [5, 5.41) is 1.00. The molecule has 0 saturated heterocycles. The smallest absolute Gasteiger partial charge is 0.125 e. The third kappa shape index (κ3) is 2.36. The molecule has 2 aromatic rings. The van der Waals surface area contributed by atoms with Crippen LogP contribution in [0.2, 0.25) is 0 Å². The molecule has 2 N–H and O–H groups in total. The molecule has 0 amide bonds. The lowest BCUT2D eigenvalue weighted by Crippen LogP contribution is -2.50. The van der Waals surface area contributed by atoms with Gasteiger partial charge in [-0.2, -0.15) is 0 Å². The molecule has 1 atom stereocenters. The summed E-state index contributed by atoms with van der Waals surface area (Å²) in [7, 11) is 0. The second-order valence-electron chi connectivity index (χ2n) is 6.38. The van der Waals surface area contributed by atoms with Crippen LogP contribution < -0.4 is 10.5 Å². The molecule has 2 heterocycles. The van der Waals surface area contributed by atoms with E-state index in [-0.39, 0.29) is 5.60 Å². The standard InChI is InChI=1S/C17H22N2OS/c1-5-13-11(2)21-15(19-13)17(18)10-16(3,4)20-14-9-7-6-8-12(14)17/h6-9H,5,10,18H2,1-4H3. The lowest BCUT2D eigenvalue weighted by molar-refractivity contribution is 0.0554. The number of para-hydroxylation sites is 1. The van der Waals surface area contributed by atoms with Gasteiger partial charge >= 0.3 is 0 Å². The predicted molar refractivity (Wildman–Crippen MR) is 87.0 cm³/mol. The van der Waals surface area contributed by atoms with E-state index in [0.29, 0.717) is 0 Å². The second-order valence-corrected chi connectivity index (χ2v) is 7.58. The molecule has 21 heavy (non-hydrogen) atoms. The number of thiazole rings is 1. The highest BCUT2D eigenvalue weighted by Gasteiger charge is 2.45. The summed E-state index contributed by atoms with van der Waals surface area (Å²) in [6, 6.07) is 8.07. The molecule has 0 fully saturated rings. The zero-order chi connectivity index (χ0) is 15.3. The number of rotatable bonds is 2. The Hall–Kier alpha value is -1.39. The molecule has 1 aromatic carbocycles. The van der Waals surface area contributed by atoms with Crippen LogP contribution in [0.25, 0.3) is 0 Å². The van der Waals surface area contributed by atoms with Crippen molar-refractivity contribution in [1.29, 1.82) is 0 Å². The Balaban J connectivity index is 2.18. The van der Waals surface area contributed by atoms with Crippen LogP contribution >= 0.6 is 11.3 Å². The fraction of sp³-hybridized carbons (Fsp3) is 0.471. The summed E-state index contributed by atoms with van der Waals surface area (Å²) in [6.45, 7) is 8.44. The van der Waals surface area contributed by atoms with E-state index in [4.69, 9.17) is 15.5 Å². The first kappa shape index (κ1) is 14.5.